The van der Waals surface area contributed by atoms with Crippen molar-refractivity contribution in [3.05, 3.63) is 59.8 Å². The molecule has 11 heteroatoms. The van der Waals surface area contributed by atoms with E-state index in [-0.39, 0.29) is 35.6 Å². The number of aliphatic imine (C=N–C) groups is 1. The number of nitrogens with zero attached hydrogens (tertiary/aromatic N) is 6. The maximum Gasteiger partial charge on any atom is 0.191 e. The van der Waals surface area contributed by atoms with Crippen molar-refractivity contribution in [3.63, 3.8) is 0 Å². The summed E-state index contributed by atoms with van der Waals surface area (Å²) >= 11 is 0. The summed E-state index contributed by atoms with van der Waals surface area (Å²) in [7, 11) is 0. The number of hydrogen-bond donors (Lipinski definition) is 3. The van der Waals surface area contributed by atoms with E-state index >= 15 is 0 Å². The van der Waals surface area contributed by atoms with Crippen molar-refractivity contribution in [1.29, 1.82) is 5.26 Å². The van der Waals surface area contributed by atoms with Crippen molar-refractivity contribution in [2.45, 2.75) is 32.7 Å². The highest BCUT2D eigenvalue weighted by Gasteiger charge is 2.16. The molecule has 0 bridgehead atoms. The van der Waals surface area contributed by atoms with Gasteiger partial charge in [-0.05, 0) is 56.5 Å². The molecule has 33 heavy (non-hydrogen) atoms. The van der Waals surface area contributed by atoms with Crippen LogP contribution in [0.3, 0.4) is 0 Å². The fourth-order valence-corrected chi connectivity index (χ4v) is 3.21. The summed E-state index contributed by atoms with van der Waals surface area (Å²) in [6, 6.07) is 9.87. The number of benzene rings is 1. The van der Waals surface area contributed by atoms with Crippen molar-refractivity contribution in [1.82, 2.24) is 30.2 Å². The molecule has 9 nitrogen and oxygen atoms in total. The summed E-state index contributed by atoms with van der Waals surface area (Å²) in [6.07, 6.45) is 5.92. The van der Waals surface area contributed by atoms with Crippen LogP contribution >= 0.6 is 24.0 Å². The van der Waals surface area contributed by atoms with E-state index in [1.807, 2.05) is 23.9 Å². The monoisotopic (exact) mass is 565 g/mol. The third kappa shape index (κ3) is 7.45. The Morgan fingerprint density at radius 3 is 2.70 bits per heavy atom. The van der Waals surface area contributed by atoms with Gasteiger partial charge in [-0.1, -0.05) is 0 Å². The number of nitrogens with one attached hydrogen (secondary N) is 2. The summed E-state index contributed by atoms with van der Waals surface area (Å²) in [5, 5.41) is 24.7. The topological polar surface area (TPSA) is 122 Å². The molecule has 2 heterocycles. The Morgan fingerprint density at radius 1 is 1.24 bits per heavy atom. The van der Waals surface area contributed by atoms with Gasteiger partial charge in [-0.2, -0.15) is 15.5 Å². The smallest absolute Gasteiger partial charge is 0.191 e. The van der Waals surface area contributed by atoms with E-state index in [1.54, 1.807) is 18.3 Å². The Labute approximate surface area is 209 Å². The highest BCUT2D eigenvalue weighted by Crippen LogP contribution is 2.21. The molecule has 176 valence electrons. The SMILES string of the molecule is CCNC(=NCCCn1cccn1)NCCCc1nn(-c2ccc(F)cc2)c(N)c1C#N.I. The number of hydrogen-bond acceptors (Lipinski definition) is 5. The normalized spacial score (nSPS) is 11.0. The zero-order valence-corrected chi connectivity index (χ0v) is 20.9. The average molecular weight is 565 g/mol. The Kier molecular flexibility index (Phi) is 10.6. The summed E-state index contributed by atoms with van der Waals surface area (Å²) < 4.78 is 16.6. The molecule has 0 aliphatic carbocycles. The van der Waals surface area contributed by atoms with Gasteiger partial charge in [0.1, 0.15) is 23.3 Å². The van der Waals surface area contributed by atoms with Crippen LogP contribution in [0.5, 0.6) is 0 Å². The Hall–Kier alpha value is -3.14. The van der Waals surface area contributed by atoms with Gasteiger partial charge in [0.05, 0.1) is 11.4 Å². The molecule has 0 atom stereocenters. The minimum absolute atomic E-state index is 0. The number of anilines is 1. The van der Waals surface area contributed by atoms with Gasteiger partial charge in [-0.3, -0.25) is 9.67 Å². The van der Waals surface area contributed by atoms with Crippen LogP contribution < -0.4 is 16.4 Å². The summed E-state index contributed by atoms with van der Waals surface area (Å²) in [4.78, 5) is 4.59. The van der Waals surface area contributed by atoms with Gasteiger partial charge >= 0.3 is 0 Å². The van der Waals surface area contributed by atoms with E-state index in [0.717, 1.165) is 31.9 Å². The van der Waals surface area contributed by atoms with Crippen LogP contribution in [0.15, 0.2) is 47.7 Å². The molecule has 1 aromatic carbocycles. The van der Waals surface area contributed by atoms with Gasteiger partial charge < -0.3 is 16.4 Å². The highest BCUT2D eigenvalue weighted by molar-refractivity contribution is 14.0. The second-order valence-corrected chi connectivity index (χ2v) is 7.12. The first-order valence-electron chi connectivity index (χ1n) is 10.7. The summed E-state index contributed by atoms with van der Waals surface area (Å²) in [6.45, 7) is 4.96. The van der Waals surface area contributed by atoms with E-state index in [0.29, 0.717) is 36.5 Å². The van der Waals surface area contributed by atoms with Crippen molar-refractivity contribution >= 4 is 35.8 Å². The molecule has 0 radical (unpaired) electrons. The lowest BCUT2D eigenvalue weighted by Crippen LogP contribution is -2.38. The Balaban J connectivity index is 0.00000385. The van der Waals surface area contributed by atoms with Crippen LogP contribution in [0.4, 0.5) is 10.2 Å². The number of nitrogens with two attached hydrogens (primary N) is 1. The summed E-state index contributed by atoms with van der Waals surface area (Å²) in [5.74, 6) is 0.671. The first-order chi connectivity index (χ1) is 15.6. The van der Waals surface area contributed by atoms with Crippen molar-refractivity contribution < 1.29 is 4.39 Å². The molecule has 0 aliphatic heterocycles. The van der Waals surface area contributed by atoms with Crippen molar-refractivity contribution in [3.8, 4) is 11.8 Å². The number of aromatic nitrogens is 4. The number of halogens is 2. The van der Waals surface area contributed by atoms with Crippen LogP contribution in [0.2, 0.25) is 0 Å². The molecule has 3 rings (SSSR count). The minimum Gasteiger partial charge on any atom is -0.382 e. The summed E-state index contributed by atoms with van der Waals surface area (Å²) in [5.41, 5.74) is 7.70. The van der Waals surface area contributed by atoms with Crippen LogP contribution in [-0.2, 0) is 13.0 Å². The molecule has 0 saturated heterocycles. The number of nitriles is 1. The molecular formula is C22H29FIN9. The molecule has 0 aliphatic rings. The second-order valence-electron chi connectivity index (χ2n) is 7.12. The third-order valence-corrected chi connectivity index (χ3v) is 4.78. The van der Waals surface area contributed by atoms with E-state index in [4.69, 9.17) is 5.73 Å². The molecular weight excluding hydrogens is 536 g/mol. The molecule has 2 aromatic heterocycles. The Morgan fingerprint density at radius 2 is 2.03 bits per heavy atom. The minimum atomic E-state index is -0.342. The highest BCUT2D eigenvalue weighted by atomic mass is 127. The van der Waals surface area contributed by atoms with E-state index < -0.39 is 0 Å². The zero-order valence-electron chi connectivity index (χ0n) is 18.5. The van der Waals surface area contributed by atoms with Gasteiger partial charge in [-0.25, -0.2) is 9.07 Å². The fraction of sp³-hybridized carbons (Fsp3) is 0.364. The molecule has 0 unspecified atom stereocenters. The van der Waals surface area contributed by atoms with Crippen molar-refractivity contribution in [2.75, 3.05) is 25.4 Å². The maximum atomic E-state index is 13.2. The molecule has 0 amide bonds. The number of aryl methyl sites for hydroxylation is 2. The molecule has 0 spiro atoms. The predicted molar refractivity (Wildman–Crippen MR) is 137 cm³/mol. The van der Waals surface area contributed by atoms with Gasteiger partial charge in [-0.15, -0.1) is 24.0 Å². The van der Waals surface area contributed by atoms with E-state index in [9.17, 15) is 9.65 Å². The van der Waals surface area contributed by atoms with Gasteiger partial charge in [0.25, 0.3) is 0 Å². The second kappa shape index (κ2) is 13.4. The van der Waals surface area contributed by atoms with E-state index in [2.05, 4.69) is 31.9 Å². The molecule has 0 saturated carbocycles. The number of guanidine groups is 1. The quantitative estimate of drug-likeness (QED) is 0.151. The van der Waals surface area contributed by atoms with Gasteiger partial charge in [0.15, 0.2) is 5.96 Å². The lowest BCUT2D eigenvalue weighted by atomic mass is 10.1. The van der Waals surface area contributed by atoms with Gasteiger partial charge in [0.2, 0.25) is 0 Å². The van der Waals surface area contributed by atoms with Crippen LogP contribution in [-0.4, -0.2) is 45.2 Å². The maximum absolute atomic E-state index is 13.2. The van der Waals surface area contributed by atoms with Gasteiger partial charge in [0, 0.05) is 38.6 Å². The fourth-order valence-electron chi connectivity index (χ4n) is 3.21. The van der Waals surface area contributed by atoms with Crippen molar-refractivity contribution in [2.24, 2.45) is 4.99 Å². The van der Waals surface area contributed by atoms with E-state index in [1.165, 1.54) is 16.8 Å². The van der Waals surface area contributed by atoms with Crippen LogP contribution in [0, 0.1) is 17.1 Å². The lowest BCUT2D eigenvalue weighted by Gasteiger charge is -2.11. The number of rotatable bonds is 10. The standard InChI is InChI=1S/C22H28FN9.HI/c1-2-26-22(28-12-4-14-31-15-5-13-29-31)27-11-3-6-20-19(16-24)21(25)32(30-20)18-9-7-17(23)8-10-18;/h5,7-10,13,15H,2-4,6,11-12,14,25H2,1H3,(H2,26,27,28);1H. The largest absolute Gasteiger partial charge is 0.382 e. The first kappa shape index (κ1) is 26.1. The third-order valence-electron chi connectivity index (χ3n) is 4.78. The van der Waals surface area contributed by atoms with Crippen LogP contribution in [0.1, 0.15) is 31.0 Å². The predicted octanol–water partition coefficient (Wildman–Crippen LogP) is 2.86. The zero-order chi connectivity index (χ0) is 22.8. The molecule has 4 N–H and O–H groups in total. The lowest BCUT2D eigenvalue weighted by molar-refractivity contribution is 0.583. The Bertz CT molecular complexity index is 1050. The molecule has 3 aromatic rings. The number of nitrogen functional groups attached to an aromatic ring is 1. The first-order valence-corrected chi connectivity index (χ1v) is 10.7. The molecule has 0 fully saturated rings. The average Bonchev–Trinajstić information content (AvgIpc) is 3.42. The van der Waals surface area contributed by atoms with Crippen LogP contribution in [0.25, 0.3) is 5.69 Å².